The molecule has 31 heavy (non-hydrogen) atoms. The Bertz CT molecular complexity index is 1170. The number of rotatable bonds is 5. The van der Waals surface area contributed by atoms with Gasteiger partial charge in [-0.15, -0.1) is 0 Å². The van der Waals surface area contributed by atoms with Crippen molar-refractivity contribution >= 4 is 51.2 Å². The van der Waals surface area contributed by atoms with E-state index in [9.17, 15) is 9.59 Å². The van der Waals surface area contributed by atoms with Crippen LogP contribution in [0.2, 0.25) is 5.02 Å². The molecule has 1 heterocycles. The summed E-state index contributed by atoms with van der Waals surface area (Å²) in [7, 11) is 0. The molecule has 0 radical (unpaired) electrons. The highest BCUT2D eigenvalue weighted by Crippen LogP contribution is 2.29. The lowest BCUT2D eigenvalue weighted by Gasteiger charge is -2.11. The summed E-state index contributed by atoms with van der Waals surface area (Å²) in [5, 5.41) is 3.15. The van der Waals surface area contributed by atoms with Gasteiger partial charge in [0, 0.05) is 5.02 Å². The van der Waals surface area contributed by atoms with E-state index in [1.54, 1.807) is 30.3 Å². The Balaban J connectivity index is 1.49. The number of benzene rings is 3. The van der Waals surface area contributed by atoms with E-state index in [1.165, 1.54) is 5.56 Å². The molecule has 0 aromatic heterocycles. The number of halogens is 2. The molecule has 7 heteroatoms. The van der Waals surface area contributed by atoms with Crippen molar-refractivity contribution in [3.05, 3.63) is 98.6 Å². The molecular formula is C24H18BrClN2O3. The van der Waals surface area contributed by atoms with Crippen LogP contribution in [-0.4, -0.2) is 11.9 Å². The number of nitrogens with one attached hydrogen (secondary N) is 1. The van der Waals surface area contributed by atoms with Gasteiger partial charge < -0.3 is 10.1 Å². The normalized spacial score (nSPS) is 14.8. The molecular weight excluding hydrogens is 480 g/mol. The maximum absolute atomic E-state index is 12.7. The Labute approximate surface area is 193 Å². The van der Waals surface area contributed by atoms with Crippen LogP contribution >= 0.6 is 27.5 Å². The third kappa shape index (κ3) is 4.81. The summed E-state index contributed by atoms with van der Waals surface area (Å²) in [5.74, 6) is 0.260. The van der Waals surface area contributed by atoms with Crippen molar-refractivity contribution in [2.75, 3.05) is 4.90 Å². The van der Waals surface area contributed by atoms with Gasteiger partial charge in [0.15, 0.2) is 0 Å². The number of imide groups is 1. The van der Waals surface area contributed by atoms with E-state index < -0.39 is 11.9 Å². The second kappa shape index (κ2) is 8.96. The second-order valence-corrected chi connectivity index (χ2v) is 8.36. The van der Waals surface area contributed by atoms with Crippen molar-refractivity contribution in [2.45, 2.75) is 13.5 Å². The van der Waals surface area contributed by atoms with E-state index in [2.05, 4.69) is 21.2 Å². The fraction of sp³-hybridized carbons (Fsp3) is 0.0833. The number of anilines is 1. The first-order valence-corrected chi connectivity index (χ1v) is 10.7. The maximum Gasteiger partial charge on any atom is 0.333 e. The quantitative estimate of drug-likeness (QED) is 0.343. The molecule has 0 saturated carbocycles. The lowest BCUT2D eigenvalue weighted by atomic mass is 10.1. The van der Waals surface area contributed by atoms with Crippen LogP contribution in [0.25, 0.3) is 6.08 Å². The number of nitrogens with zero attached hydrogens (tertiary/aromatic N) is 1. The molecule has 3 aromatic carbocycles. The van der Waals surface area contributed by atoms with Crippen LogP contribution in [0.5, 0.6) is 5.75 Å². The fourth-order valence-electron chi connectivity index (χ4n) is 3.10. The number of ether oxygens (including phenoxy) is 1. The number of hydrogen-bond donors (Lipinski definition) is 1. The average molecular weight is 498 g/mol. The van der Waals surface area contributed by atoms with E-state index in [0.29, 0.717) is 23.1 Å². The zero-order valence-electron chi connectivity index (χ0n) is 16.6. The van der Waals surface area contributed by atoms with Gasteiger partial charge >= 0.3 is 6.03 Å². The van der Waals surface area contributed by atoms with Gasteiger partial charge in [-0.2, -0.15) is 0 Å². The van der Waals surface area contributed by atoms with Crippen molar-refractivity contribution in [2.24, 2.45) is 0 Å². The Morgan fingerprint density at radius 1 is 1.03 bits per heavy atom. The second-order valence-electron chi connectivity index (χ2n) is 7.07. The number of urea groups is 1. The molecule has 1 saturated heterocycles. The minimum Gasteiger partial charge on any atom is -0.488 e. The largest absolute Gasteiger partial charge is 0.488 e. The van der Waals surface area contributed by atoms with Gasteiger partial charge in [-0.1, -0.05) is 47.5 Å². The first kappa shape index (κ1) is 21.2. The predicted molar refractivity (Wildman–Crippen MR) is 125 cm³/mol. The van der Waals surface area contributed by atoms with Crippen molar-refractivity contribution in [3.8, 4) is 5.75 Å². The van der Waals surface area contributed by atoms with Gasteiger partial charge in [-0.05, 0) is 76.5 Å². The molecule has 0 bridgehead atoms. The predicted octanol–water partition coefficient (Wildman–Crippen LogP) is 6.09. The number of hydrogen-bond acceptors (Lipinski definition) is 3. The molecule has 0 spiro atoms. The fourth-order valence-corrected chi connectivity index (χ4v) is 3.73. The van der Waals surface area contributed by atoms with Crippen molar-refractivity contribution < 1.29 is 14.3 Å². The standard InChI is InChI=1S/C24H18BrClN2O3/c1-15-2-4-16(5-3-15)14-31-22-11-6-17(12-20(22)25)13-21-23(29)28(24(30)27-21)19-9-7-18(26)8-10-19/h2-13H,14H2,1H3,(H,27,30)/b21-13+. The Morgan fingerprint density at radius 2 is 1.74 bits per heavy atom. The molecule has 1 fully saturated rings. The Hall–Kier alpha value is -3.09. The molecule has 0 aliphatic carbocycles. The Kier molecular flexibility index (Phi) is 6.11. The SMILES string of the molecule is Cc1ccc(COc2ccc(/C=C3/NC(=O)N(c4ccc(Cl)cc4)C3=O)cc2Br)cc1. The van der Waals surface area contributed by atoms with E-state index in [0.717, 1.165) is 20.5 Å². The van der Waals surface area contributed by atoms with Crippen LogP contribution < -0.4 is 15.0 Å². The summed E-state index contributed by atoms with van der Waals surface area (Å²) in [4.78, 5) is 26.1. The van der Waals surface area contributed by atoms with Crippen LogP contribution in [0.3, 0.4) is 0 Å². The number of carbonyl (C=O) groups excluding carboxylic acids is 2. The Morgan fingerprint density at radius 3 is 2.42 bits per heavy atom. The van der Waals surface area contributed by atoms with Crippen LogP contribution in [0.4, 0.5) is 10.5 Å². The van der Waals surface area contributed by atoms with Crippen LogP contribution in [0.15, 0.2) is 76.9 Å². The minimum absolute atomic E-state index is 0.195. The molecule has 0 atom stereocenters. The summed E-state index contributed by atoms with van der Waals surface area (Å²) in [6, 6.07) is 19.6. The first-order chi connectivity index (χ1) is 14.9. The van der Waals surface area contributed by atoms with E-state index >= 15 is 0 Å². The van der Waals surface area contributed by atoms with Gasteiger partial charge in [-0.3, -0.25) is 4.79 Å². The lowest BCUT2D eigenvalue weighted by molar-refractivity contribution is -0.113. The van der Waals surface area contributed by atoms with Gasteiger partial charge in [0.25, 0.3) is 5.91 Å². The molecule has 3 amide bonds. The van der Waals surface area contributed by atoms with Gasteiger partial charge in [0.05, 0.1) is 10.2 Å². The van der Waals surface area contributed by atoms with E-state index in [-0.39, 0.29) is 5.70 Å². The molecule has 5 nitrogen and oxygen atoms in total. The van der Waals surface area contributed by atoms with Crippen molar-refractivity contribution in [1.82, 2.24) is 5.32 Å². The van der Waals surface area contributed by atoms with E-state index in [4.69, 9.17) is 16.3 Å². The molecule has 1 aliphatic rings. The third-order valence-corrected chi connectivity index (χ3v) is 5.62. The van der Waals surface area contributed by atoms with Gasteiger partial charge in [0.2, 0.25) is 0 Å². The van der Waals surface area contributed by atoms with Crippen LogP contribution in [0, 0.1) is 6.92 Å². The monoisotopic (exact) mass is 496 g/mol. The zero-order valence-corrected chi connectivity index (χ0v) is 18.9. The molecule has 156 valence electrons. The summed E-state index contributed by atoms with van der Waals surface area (Å²) >= 11 is 9.40. The number of carbonyl (C=O) groups is 2. The number of aryl methyl sites for hydroxylation is 1. The maximum atomic E-state index is 12.7. The average Bonchev–Trinajstić information content (AvgIpc) is 3.02. The summed E-state index contributed by atoms with van der Waals surface area (Å²) in [5.41, 5.74) is 3.67. The summed E-state index contributed by atoms with van der Waals surface area (Å²) < 4.78 is 6.64. The highest BCUT2D eigenvalue weighted by atomic mass is 79.9. The molecule has 3 aromatic rings. The topological polar surface area (TPSA) is 58.6 Å². The third-order valence-electron chi connectivity index (χ3n) is 4.74. The lowest BCUT2D eigenvalue weighted by Crippen LogP contribution is -2.30. The molecule has 1 aliphatic heterocycles. The van der Waals surface area contributed by atoms with Crippen molar-refractivity contribution in [1.29, 1.82) is 0 Å². The zero-order chi connectivity index (χ0) is 22.0. The highest BCUT2D eigenvalue weighted by molar-refractivity contribution is 9.10. The molecule has 1 N–H and O–H groups in total. The van der Waals surface area contributed by atoms with Crippen LogP contribution in [-0.2, 0) is 11.4 Å². The molecule has 4 rings (SSSR count). The minimum atomic E-state index is -0.504. The number of amides is 3. The van der Waals surface area contributed by atoms with Gasteiger partial charge in [-0.25, -0.2) is 9.69 Å². The summed E-state index contributed by atoms with van der Waals surface area (Å²) in [6.07, 6.45) is 1.63. The summed E-state index contributed by atoms with van der Waals surface area (Å²) in [6.45, 7) is 2.49. The highest BCUT2D eigenvalue weighted by Gasteiger charge is 2.34. The van der Waals surface area contributed by atoms with Crippen molar-refractivity contribution in [3.63, 3.8) is 0 Å². The van der Waals surface area contributed by atoms with E-state index in [1.807, 2.05) is 49.4 Å². The molecule has 0 unspecified atom stereocenters. The smallest absolute Gasteiger partial charge is 0.333 e. The van der Waals surface area contributed by atoms with Gasteiger partial charge in [0.1, 0.15) is 18.1 Å². The van der Waals surface area contributed by atoms with Crippen LogP contribution in [0.1, 0.15) is 16.7 Å². The first-order valence-electron chi connectivity index (χ1n) is 9.51.